The second-order valence-electron chi connectivity index (χ2n) is 23.8. The van der Waals surface area contributed by atoms with E-state index in [1.165, 1.54) is 25.2 Å². The molecule has 3 heterocycles. The second kappa shape index (κ2) is 30.4. The third-order valence-corrected chi connectivity index (χ3v) is 19.3. The van der Waals surface area contributed by atoms with Crippen molar-refractivity contribution in [3.05, 3.63) is 71.8 Å². The van der Waals surface area contributed by atoms with Gasteiger partial charge in [-0.3, -0.25) is 4.79 Å². The van der Waals surface area contributed by atoms with Gasteiger partial charge in [-0.1, -0.05) is 94.8 Å². The van der Waals surface area contributed by atoms with Crippen LogP contribution >= 0.6 is 23.5 Å². The Morgan fingerprint density at radius 2 is 1.45 bits per heavy atom. The van der Waals surface area contributed by atoms with Crippen LogP contribution in [-0.2, 0) is 49.5 Å². The summed E-state index contributed by atoms with van der Waals surface area (Å²) >= 11 is 3.95. The van der Waals surface area contributed by atoms with Crippen LogP contribution in [0.3, 0.4) is 0 Å². The molecule has 77 heavy (non-hydrogen) atoms. The van der Waals surface area contributed by atoms with E-state index in [4.69, 9.17) is 33.2 Å². The number of benzene rings is 2. The number of thioether (sulfide) groups is 2. The highest BCUT2D eigenvalue weighted by atomic mass is 32.2. The zero-order valence-electron chi connectivity index (χ0n) is 49.0. The van der Waals surface area contributed by atoms with Crippen molar-refractivity contribution < 1.29 is 63.5 Å². The molecular weight excluding hydrogens is 1020 g/mol. The van der Waals surface area contributed by atoms with Crippen molar-refractivity contribution in [2.24, 2.45) is 17.8 Å². The van der Waals surface area contributed by atoms with Gasteiger partial charge in [0.15, 0.2) is 25.0 Å². The summed E-state index contributed by atoms with van der Waals surface area (Å²) in [7, 11) is 7.31. The van der Waals surface area contributed by atoms with Crippen LogP contribution in [0.4, 0.5) is 0 Å². The summed E-state index contributed by atoms with van der Waals surface area (Å²) in [4.78, 5) is 18.2. The molecule has 0 aromatic heterocycles. The number of ether oxygens (including phenoxy) is 7. The second-order valence-corrected chi connectivity index (χ2v) is 26.2. The van der Waals surface area contributed by atoms with Crippen LogP contribution in [0, 0.1) is 17.8 Å². The molecule has 20 atom stereocenters. The van der Waals surface area contributed by atoms with E-state index >= 15 is 0 Å². The number of esters is 1. The number of hydrogen-bond acceptors (Lipinski definition) is 17. The van der Waals surface area contributed by atoms with Gasteiger partial charge in [0, 0.05) is 61.1 Å². The van der Waals surface area contributed by atoms with Gasteiger partial charge in [-0.2, -0.15) is 23.5 Å². The van der Waals surface area contributed by atoms with Crippen LogP contribution in [0.15, 0.2) is 60.7 Å². The third-order valence-electron chi connectivity index (χ3n) is 16.8. The topological polar surface area (TPSA) is 189 Å². The van der Waals surface area contributed by atoms with Crippen molar-refractivity contribution in [1.82, 2.24) is 9.80 Å². The maximum absolute atomic E-state index is 14.2. The Kier molecular flexibility index (Phi) is 26.0. The van der Waals surface area contributed by atoms with Gasteiger partial charge in [0.1, 0.15) is 17.8 Å². The lowest BCUT2D eigenvalue weighted by Crippen LogP contribution is -2.61. The molecule has 0 spiro atoms. The molecule has 3 aliphatic heterocycles. The van der Waals surface area contributed by atoms with Crippen molar-refractivity contribution in [1.29, 1.82) is 0 Å². The van der Waals surface area contributed by atoms with E-state index in [0.717, 1.165) is 36.5 Å². The molecule has 2 unspecified atom stereocenters. The monoisotopic (exact) mass is 1120 g/mol. The summed E-state index contributed by atoms with van der Waals surface area (Å²) in [5.74, 6) is 0.824. The normalized spacial score (nSPS) is 38.6. The van der Waals surface area contributed by atoms with Gasteiger partial charge in [-0.15, -0.1) is 0 Å². The number of rotatable bonds is 21. The third kappa shape index (κ3) is 18.5. The molecule has 0 saturated carbocycles. The molecule has 3 fully saturated rings. The van der Waals surface area contributed by atoms with Crippen LogP contribution in [0.25, 0.3) is 0 Å². The highest BCUT2D eigenvalue weighted by Gasteiger charge is 2.53. The minimum absolute atomic E-state index is 0.135. The first-order valence-electron chi connectivity index (χ1n) is 28.5. The Labute approximate surface area is 471 Å². The van der Waals surface area contributed by atoms with E-state index in [9.17, 15) is 30.3 Å². The van der Waals surface area contributed by atoms with Gasteiger partial charge in [-0.25, -0.2) is 0 Å². The lowest BCUT2D eigenvalue weighted by Gasteiger charge is -2.49. The summed E-state index contributed by atoms with van der Waals surface area (Å²) in [6.07, 6.45) is -5.80. The molecule has 0 amide bonds. The molecule has 5 rings (SSSR count). The van der Waals surface area contributed by atoms with E-state index in [0.29, 0.717) is 24.6 Å². The largest absolute Gasteiger partial charge is 0.455 e. The number of methoxy groups -OCH3 is 1. The highest BCUT2D eigenvalue weighted by Crippen LogP contribution is 2.41. The summed E-state index contributed by atoms with van der Waals surface area (Å²) in [5, 5.41) is 60.6. The molecular formula is C60H100N2O13S2. The van der Waals surface area contributed by atoms with E-state index < -0.39 is 96.3 Å². The maximum Gasteiger partial charge on any atom is 0.306 e. The molecule has 0 bridgehead atoms. The average molecular weight is 1120 g/mol. The average Bonchev–Trinajstić information content (AvgIpc) is 3.41. The fourth-order valence-electron chi connectivity index (χ4n) is 11.9. The lowest BCUT2D eigenvalue weighted by molar-refractivity contribution is -0.327. The Morgan fingerprint density at radius 3 is 2.06 bits per heavy atom. The Balaban J connectivity index is 1.42. The number of aliphatic hydroxyl groups is 5. The van der Waals surface area contributed by atoms with Gasteiger partial charge in [0.25, 0.3) is 0 Å². The minimum Gasteiger partial charge on any atom is -0.455 e. The molecule has 2 aromatic carbocycles. The minimum atomic E-state index is -1.78. The first kappa shape index (κ1) is 65.9. The van der Waals surface area contributed by atoms with E-state index in [1.54, 1.807) is 27.7 Å². The fourth-order valence-corrected chi connectivity index (χ4v) is 14.3. The molecule has 2 aromatic rings. The molecule has 3 aliphatic rings. The number of unbranched alkanes of at least 4 members (excludes halogenated alkanes) is 1. The quantitative estimate of drug-likeness (QED) is 0.0591. The molecule has 440 valence electrons. The predicted molar refractivity (Wildman–Crippen MR) is 306 cm³/mol. The standard InChI is InChI=1S/C60H100N2O13S2/c1-15-48-60(10,68)53(64)42(6)62(13)35-38(2)33-58(8,67)55(40(4)51(41(5)56(66)72-48)74-50-34-59(9,69-14)54(65)43(7)71-50)75-57-52(47(61(11)12)32-39(3)70-57)73-49(63)29-23-22-28-46(77-37-45-26-20-17-21-27-45)30-31-76-36-44-24-18-16-19-25-44/h16-21,24-27,38-43,46-48,50-57,64-68H,15,22-23,28-37H2,1-14H3/t38-,39-,40+,41-,42-,43+,46?,47+,48-,50+,51+,52-,53-,54+,55-,56?,57+,58-,59-,60-/m1/s1. The van der Waals surface area contributed by atoms with Crippen LogP contribution in [0.1, 0.15) is 138 Å². The van der Waals surface area contributed by atoms with Crippen LogP contribution in [0.5, 0.6) is 0 Å². The Morgan fingerprint density at radius 1 is 0.818 bits per heavy atom. The molecule has 0 radical (unpaired) electrons. The van der Waals surface area contributed by atoms with Crippen molar-refractivity contribution in [2.75, 3.05) is 40.6 Å². The summed E-state index contributed by atoms with van der Waals surface area (Å²) in [6.45, 7) is 18.6. The van der Waals surface area contributed by atoms with Crippen molar-refractivity contribution in [2.45, 2.75) is 240 Å². The van der Waals surface area contributed by atoms with E-state index in [2.05, 4.69) is 48.5 Å². The van der Waals surface area contributed by atoms with Crippen molar-refractivity contribution in [3.63, 3.8) is 0 Å². The van der Waals surface area contributed by atoms with E-state index in [-0.39, 0.29) is 49.7 Å². The number of hydrogen-bond donors (Lipinski definition) is 5. The highest BCUT2D eigenvalue weighted by molar-refractivity contribution is 7.99. The smallest absolute Gasteiger partial charge is 0.306 e. The zero-order chi connectivity index (χ0) is 56.8. The van der Waals surface area contributed by atoms with Crippen molar-refractivity contribution in [3.8, 4) is 0 Å². The molecule has 5 N–H and O–H groups in total. The molecule has 15 nitrogen and oxygen atoms in total. The zero-order valence-corrected chi connectivity index (χ0v) is 50.6. The lowest BCUT2D eigenvalue weighted by atomic mass is 9.77. The van der Waals surface area contributed by atoms with Gasteiger partial charge in [0.2, 0.25) is 0 Å². The maximum atomic E-state index is 14.2. The van der Waals surface area contributed by atoms with Gasteiger partial charge in [-0.05, 0) is 124 Å². The molecule has 17 heteroatoms. The summed E-state index contributed by atoms with van der Waals surface area (Å²) in [5.41, 5.74) is -1.79. The number of likely N-dealkylation sites (N-methyl/N-ethyl adjacent to an activating group) is 2. The number of aliphatic hydroxyl groups excluding tert-OH is 3. The SMILES string of the molecule is CC[C@H]1OC(O)[C@H](C)[C@@H](O[C@H]2C[C@@](C)(OC)[C@@H](O)[C@H](C)O2)[C@H](C)[C@@H](O[C@@H]2O[C@H](C)C[C@H](N(C)C)[C@H]2OC(=O)CCCCC(CCSCc2ccccc2)SCc2ccccc2)[C@](C)(O)C[C@@H](C)CN(C)[C@H](C)[C@@H](O)[C@]1(C)O. The molecule has 0 aliphatic carbocycles. The number of carbonyl (C=O) groups excluding carboxylic acids is 1. The Bertz CT molecular complexity index is 2010. The first-order chi connectivity index (χ1) is 36.3. The van der Waals surface area contributed by atoms with Gasteiger partial charge >= 0.3 is 5.97 Å². The van der Waals surface area contributed by atoms with Gasteiger partial charge < -0.3 is 68.5 Å². The summed E-state index contributed by atoms with van der Waals surface area (Å²) < 4.78 is 45.9. The van der Waals surface area contributed by atoms with Gasteiger partial charge in [0.05, 0.1) is 47.8 Å². The summed E-state index contributed by atoms with van der Waals surface area (Å²) in [6, 6.07) is 20.3. The van der Waals surface area contributed by atoms with Crippen LogP contribution in [0.2, 0.25) is 0 Å². The van der Waals surface area contributed by atoms with E-state index in [1.807, 2.05) is 101 Å². The molecule has 3 saturated heterocycles. The first-order valence-corrected chi connectivity index (χ1v) is 30.7. The number of nitrogens with zero attached hydrogens (tertiary/aromatic N) is 2. The fraction of sp³-hybridized carbons (Fsp3) is 0.783. The van der Waals surface area contributed by atoms with Crippen LogP contribution in [-0.4, -0.2) is 184 Å². The predicted octanol–water partition coefficient (Wildman–Crippen LogP) is 8.43. The van der Waals surface area contributed by atoms with Crippen molar-refractivity contribution >= 4 is 29.5 Å². The number of carbonyl (C=O) groups is 1. The van der Waals surface area contributed by atoms with Crippen LogP contribution < -0.4 is 0 Å². The Hall–Kier alpha value is -1.91.